The number of rotatable bonds is 9. The van der Waals surface area contributed by atoms with Crippen LogP contribution in [0.2, 0.25) is 10.0 Å². The number of halogens is 2. The lowest BCUT2D eigenvalue weighted by molar-refractivity contribution is -0.150. The molecule has 0 saturated heterocycles. The zero-order valence-corrected chi connectivity index (χ0v) is 23.6. The molecule has 38 heavy (non-hydrogen) atoms. The summed E-state index contributed by atoms with van der Waals surface area (Å²) in [6.45, 7) is 6.00. The van der Waals surface area contributed by atoms with Crippen LogP contribution < -0.4 is 15.4 Å². The number of nitrogens with one attached hydrogen (secondary N) is 2. The molecule has 8 nitrogen and oxygen atoms in total. The van der Waals surface area contributed by atoms with Gasteiger partial charge in [-0.15, -0.1) is 0 Å². The van der Waals surface area contributed by atoms with Crippen molar-refractivity contribution in [3.63, 3.8) is 0 Å². The number of nitriles is 1. The van der Waals surface area contributed by atoms with Crippen molar-refractivity contribution in [1.82, 2.24) is 5.32 Å². The van der Waals surface area contributed by atoms with Crippen molar-refractivity contribution in [2.45, 2.75) is 33.1 Å². The Morgan fingerprint density at radius 1 is 1.21 bits per heavy atom. The molecule has 1 aliphatic rings. The standard InChI is InChI=1S/C27H27Cl2N3O5S/c1-5-15-9-7-8-14(3)23(15)31-20(33)13-38-26-17(12-30)21(22(25(34)32-26)27(35)36-4)16-10-18(28)24(37-6-2)19(29)11-16/h7-11,21-22H,5-6,13H2,1-4H3,(H,31,33)(H,32,34)/t21-,22-/m0/s1. The molecule has 2 aromatic carbocycles. The van der Waals surface area contributed by atoms with Crippen LogP contribution in [-0.2, 0) is 25.5 Å². The Labute approximate surface area is 235 Å². The van der Waals surface area contributed by atoms with Gasteiger partial charge >= 0.3 is 5.97 Å². The summed E-state index contributed by atoms with van der Waals surface area (Å²) in [5.74, 6) is -4.04. The highest BCUT2D eigenvalue weighted by atomic mass is 35.5. The maximum atomic E-state index is 13.1. The molecule has 0 fully saturated rings. The number of esters is 1. The van der Waals surface area contributed by atoms with Gasteiger partial charge in [0.2, 0.25) is 11.8 Å². The summed E-state index contributed by atoms with van der Waals surface area (Å²) in [7, 11) is 1.16. The average Bonchev–Trinajstić information content (AvgIpc) is 2.89. The molecule has 2 aromatic rings. The lowest BCUT2D eigenvalue weighted by Crippen LogP contribution is -2.44. The Morgan fingerprint density at radius 2 is 1.89 bits per heavy atom. The summed E-state index contributed by atoms with van der Waals surface area (Å²) >= 11 is 13.8. The number of methoxy groups -OCH3 is 1. The summed E-state index contributed by atoms with van der Waals surface area (Å²) < 4.78 is 10.3. The molecule has 0 aliphatic carbocycles. The number of para-hydroxylation sites is 1. The van der Waals surface area contributed by atoms with E-state index in [0.29, 0.717) is 12.2 Å². The Morgan fingerprint density at radius 3 is 2.47 bits per heavy atom. The molecular formula is C27H27Cl2N3O5S. The van der Waals surface area contributed by atoms with Gasteiger partial charge in [-0.25, -0.2) is 0 Å². The largest absolute Gasteiger partial charge is 0.491 e. The summed E-state index contributed by atoms with van der Waals surface area (Å²) in [6, 6.07) is 10.9. The maximum Gasteiger partial charge on any atom is 0.319 e. The van der Waals surface area contributed by atoms with Crippen LogP contribution in [0.1, 0.15) is 36.5 Å². The lowest BCUT2D eigenvalue weighted by Gasteiger charge is -2.31. The second kappa shape index (κ2) is 13.1. The quantitative estimate of drug-likeness (QED) is 0.304. The van der Waals surface area contributed by atoms with Crippen LogP contribution >= 0.6 is 35.0 Å². The minimum atomic E-state index is -1.36. The van der Waals surface area contributed by atoms with Crippen LogP contribution in [0, 0.1) is 24.2 Å². The third-order valence-electron chi connectivity index (χ3n) is 6.00. The highest BCUT2D eigenvalue weighted by Gasteiger charge is 2.44. The number of carbonyl (C=O) groups excluding carboxylic acids is 3. The van der Waals surface area contributed by atoms with Crippen molar-refractivity contribution < 1.29 is 23.9 Å². The van der Waals surface area contributed by atoms with Gasteiger partial charge in [0.25, 0.3) is 0 Å². The molecule has 1 aliphatic heterocycles. The number of amides is 2. The first-order valence-corrected chi connectivity index (χ1v) is 13.6. The third kappa shape index (κ3) is 6.26. The predicted octanol–water partition coefficient (Wildman–Crippen LogP) is 5.37. The molecule has 0 spiro atoms. The zero-order valence-electron chi connectivity index (χ0n) is 21.3. The van der Waals surface area contributed by atoms with E-state index < -0.39 is 23.7 Å². The van der Waals surface area contributed by atoms with Crippen LogP contribution in [0.25, 0.3) is 0 Å². The SMILES string of the molecule is CCOc1c(Cl)cc([C@H]2C(C#N)=C(SCC(=O)Nc3c(C)cccc3CC)NC(=O)[C@H]2C(=O)OC)cc1Cl. The second-order valence-electron chi connectivity index (χ2n) is 8.37. The Bertz CT molecular complexity index is 1320. The highest BCUT2D eigenvalue weighted by molar-refractivity contribution is 8.03. The molecule has 0 aromatic heterocycles. The van der Waals surface area contributed by atoms with E-state index >= 15 is 0 Å². The summed E-state index contributed by atoms with van der Waals surface area (Å²) in [4.78, 5) is 38.6. The van der Waals surface area contributed by atoms with Gasteiger partial charge in [0.1, 0.15) is 5.92 Å². The molecular weight excluding hydrogens is 549 g/mol. The van der Waals surface area contributed by atoms with Gasteiger partial charge in [-0.05, 0) is 49.1 Å². The van der Waals surface area contributed by atoms with E-state index in [-0.39, 0.29) is 38.1 Å². The normalized spacial score (nSPS) is 16.9. The summed E-state index contributed by atoms with van der Waals surface area (Å²) in [5, 5.41) is 16.1. The monoisotopic (exact) mass is 575 g/mol. The number of ether oxygens (including phenoxy) is 2. The minimum Gasteiger partial charge on any atom is -0.491 e. The number of hydrogen-bond acceptors (Lipinski definition) is 7. The van der Waals surface area contributed by atoms with Crippen molar-refractivity contribution in [3.8, 4) is 11.8 Å². The first-order valence-electron chi connectivity index (χ1n) is 11.8. The van der Waals surface area contributed by atoms with E-state index in [4.69, 9.17) is 32.7 Å². The molecule has 1 heterocycles. The minimum absolute atomic E-state index is 0.0826. The van der Waals surface area contributed by atoms with E-state index in [2.05, 4.69) is 16.7 Å². The number of allylic oxidation sites excluding steroid dienone is 1. The lowest BCUT2D eigenvalue weighted by atomic mass is 9.78. The van der Waals surface area contributed by atoms with Crippen LogP contribution in [0.15, 0.2) is 40.9 Å². The first kappa shape index (κ1) is 29.4. The zero-order chi connectivity index (χ0) is 28.0. The van der Waals surface area contributed by atoms with Crippen LogP contribution in [-0.4, -0.2) is 37.3 Å². The number of anilines is 1. The molecule has 11 heteroatoms. The van der Waals surface area contributed by atoms with Crippen molar-refractivity contribution >= 4 is 58.4 Å². The van der Waals surface area contributed by atoms with Gasteiger partial charge in [0.15, 0.2) is 5.75 Å². The van der Waals surface area contributed by atoms with Crippen LogP contribution in [0.5, 0.6) is 5.75 Å². The molecule has 0 bridgehead atoms. The van der Waals surface area contributed by atoms with Crippen molar-refractivity contribution in [3.05, 3.63) is 67.7 Å². The van der Waals surface area contributed by atoms with Gasteiger partial charge in [0.05, 0.1) is 46.2 Å². The summed E-state index contributed by atoms with van der Waals surface area (Å²) in [6.07, 6.45) is 0.744. The average molecular weight is 577 g/mol. The van der Waals surface area contributed by atoms with E-state index in [1.54, 1.807) is 6.92 Å². The van der Waals surface area contributed by atoms with Crippen LogP contribution in [0.3, 0.4) is 0 Å². The fraction of sp³-hybridized carbons (Fsp3) is 0.333. The second-order valence-corrected chi connectivity index (χ2v) is 10.2. The number of carbonyl (C=O) groups is 3. The van der Waals surface area contributed by atoms with E-state index in [0.717, 1.165) is 42.1 Å². The number of nitrogens with zero attached hydrogens (tertiary/aromatic N) is 1. The molecule has 2 amide bonds. The molecule has 0 saturated carbocycles. The van der Waals surface area contributed by atoms with E-state index in [9.17, 15) is 19.6 Å². The van der Waals surface area contributed by atoms with Gasteiger partial charge in [-0.1, -0.05) is 60.1 Å². The number of thioether (sulfide) groups is 1. The Hall–Kier alpha value is -3.19. The van der Waals surface area contributed by atoms with Crippen molar-refractivity contribution in [2.24, 2.45) is 5.92 Å². The fourth-order valence-corrected chi connectivity index (χ4v) is 5.70. The third-order valence-corrected chi connectivity index (χ3v) is 7.58. The number of hydrogen-bond donors (Lipinski definition) is 2. The molecule has 3 rings (SSSR count). The number of benzene rings is 2. The molecule has 0 unspecified atom stereocenters. The first-order chi connectivity index (χ1) is 18.2. The van der Waals surface area contributed by atoms with E-state index in [1.807, 2.05) is 32.0 Å². The predicted molar refractivity (Wildman–Crippen MR) is 148 cm³/mol. The van der Waals surface area contributed by atoms with Gasteiger partial charge < -0.3 is 20.1 Å². The number of aryl methyl sites for hydroxylation is 2. The van der Waals surface area contributed by atoms with Crippen molar-refractivity contribution in [2.75, 3.05) is 24.8 Å². The molecule has 0 radical (unpaired) electrons. The summed E-state index contributed by atoms with van der Waals surface area (Å²) in [5.41, 5.74) is 3.11. The van der Waals surface area contributed by atoms with E-state index in [1.165, 1.54) is 12.1 Å². The smallest absolute Gasteiger partial charge is 0.319 e. The Kier molecular flexibility index (Phi) is 10.1. The maximum absolute atomic E-state index is 13.1. The molecule has 2 N–H and O–H groups in total. The Balaban J connectivity index is 1.98. The van der Waals surface area contributed by atoms with Gasteiger partial charge in [-0.2, -0.15) is 5.26 Å². The molecule has 200 valence electrons. The van der Waals surface area contributed by atoms with Crippen LogP contribution in [0.4, 0.5) is 5.69 Å². The molecule has 2 atom stereocenters. The van der Waals surface area contributed by atoms with Gasteiger partial charge in [0, 0.05) is 11.6 Å². The van der Waals surface area contributed by atoms with Gasteiger partial charge in [-0.3, -0.25) is 14.4 Å². The highest BCUT2D eigenvalue weighted by Crippen LogP contribution is 2.44. The topological polar surface area (TPSA) is 118 Å². The fourth-order valence-electron chi connectivity index (χ4n) is 4.24. The van der Waals surface area contributed by atoms with Crippen molar-refractivity contribution in [1.29, 1.82) is 5.26 Å².